The van der Waals surface area contributed by atoms with E-state index in [0.717, 1.165) is 5.56 Å². The van der Waals surface area contributed by atoms with Gasteiger partial charge >= 0.3 is 5.97 Å². The number of nitriles is 1. The van der Waals surface area contributed by atoms with Crippen molar-refractivity contribution >= 4 is 29.2 Å². The number of amides is 1. The van der Waals surface area contributed by atoms with Gasteiger partial charge in [-0.2, -0.15) is 5.26 Å². The molecule has 122 valence electrons. The first-order valence-corrected chi connectivity index (χ1v) is 7.29. The van der Waals surface area contributed by atoms with E-state index in [1.807, 2.05) is 6.07 Å². The quantitative estimate of drug-likeness (QED) is 0.838. The lowest BCUT2D eigenvalue weighted by molar-refractivity contribution is -0.139. The summed E-state index contributed by atoms with van der Waals surface area (Å²) in [6, 6.07) is 13.3. The minimum atomic E-state index is -1.11. The molecule has 0 aliphatic rings. The molecule has 0 spiro atoms. The van der Waals surface area contributed by atoms with Gasteiger partial charge in [-0.25, -0.2) is 4.79 Å². The van der Waals surface area contributed by atoms with Crippen LogP contribution in [0.5, 0.6) is 5.75 Å². The van der Waals surface area contributed by atoms with Gasteiger partial charge in [-0.05, 0) is 35.9 Å². The van der Waals surface area contributed by atoms with Crippen LogP contribution in [-0.2, 0) is 11.2 Å². The fourth-order valence-electron chi connectivity index (χ4n) is 1.90. The van der Waals surface area contributed by atoms with E-state index in [1.54, 1.807) is 30.3 Å². The van der Waals surface area contributed by atoms with Gasteiger partial charge in [0.1, 0.15) is 5.75 Å². The van der Waals surface area contributed by atoms with Crippen LogP contribution >= 0.6 is 11.6 Å². The molecular weight excluding hydrogens is 332 g/mol. The number of carbonyl (C=O) groups is 2. The van der Waals surface area contributed by atoms with E-state index in [-0.39, 0.29) is 23.1 Å². The van der Waals surface area contributed by atoms with E-state index >= 15 is 0 Å². The van der Waals surface area contributed by atoms with Gasteiger partial charge in [0.25, 0.3) is 5.91 Å². The minimum absolute atomic E-state index is 0.193. The van der Waals surface area contributed by atoms with Crippen LogP contribution in [0.3, 0.4) is 0 Å². The van der Waals surface area contributed by atoms with Crippen LogP contribution in [0.25, 0.3) is 0 Å². The molecule has 0 saturated carbocycles. The number of benzene rings is 2. The van der Waals surface area contributed by atoms with Gasteiger partial charge in [-0.3, -0.25) is 4.79 Å². The van der Waals surface area contributed by atoms with Crippen LogP contribution in [0.2, 0.25) is 5.02 Å². The van der Waals surface area contributed by atoms with Crippen molar-refractivity contribution < 1.29 is 19.4 Å². The largest absolute Gasteiger partial charge is 0.480 e. The second kappa shape index (κ2) is 7.99. The maximum atomic E-state index is 12.2. The number of halogens is 1. The zero-order chi connectivity index (χ0) is 17.5. The number of rotatable bonds is 6. The van der Waals surface area contributed by atoms with Crippen LogP contribution in [0.1, 0.15) is 15.9 Å². The first-order valence-electron chi connectivity index (χ1n) is 6.91. The molecule has 0 saturated heterocycles. The number of hydrogen-bond acceptors (Lipinski definition) is 4. The van der Waals surface area contributed by atoms with E-state index in [1.165, 1.54) is 12.1 Å². The number of ether oxygens (including phenoxy) is 1. The average Bonchev–Trinajstić information content (AvgIpc) is 2.55. The summed E-state index contributed by atoms with van der Waals surface area (Å²) in [6.45, 7) is -0.500. The van der Waals surface area contributed by atoms with Crippen molar-refractivity contribution in [2.45, 2.75) is 6.42 Å². The Labute approximate surface area is 143 Å². The number of anilines is 1. The molecule has 0 unspecified atom stereocenters. The Bertz CT molecular complexity index is 797. The summed E-state index contributed by atoms with van der Waals surface area (Å²) in [6.07, 6.45) is 0.287. The third-order valence-corrected chi connectivity index (χ3v) is 3.34. The Morgan fingerprint density at radius 2 is 1.92 bits per heavy atom. The smallest absolute Gasteiger partial charge is 0.341 e. The highest BCUT2D eigenvalue weighted by molar-refractivity contribution is 6.32. The topological polar surface area (TPSA) is 99.4 Å². The summed E-state index contributed by atoms with van der Waals surface area (Å²) < 4.78 is 5.01. The zero-order valence-electron chi connectivity index (χ0n) is 12.5. The molecule has 0 atom stereocenters. The number of hydrogen-bond donors (Lipinski definition) is 2. The predicted molar refractivity (Wildman–Crippen MR) is 88.3 cm³/mol. The average molecular weight is 345 g/mol. The molecule has 0 aliphatic carbocycles. The minimum Gasteiger partial charge on any atom is -0.480 e. The molecule has 0 radical (unpaired) electrons. The number of carboxylic acids is 1. The lowest BCUT2D eigenvalue weighted by atomic mass is 10.1. The van der Waals surface area contributed by atoms with Crippen molar-refractivity contribution in [3.05, 3.63) is 58.6 Å². The monoisotopic (exact) mass is 344 g/mol. The zero-order valence-corrected chi connectivity index (χ0v) is 13.2. The highest BCUT2D eigenvalue weighted by Crippen LogP contribution is 2.27. The lowest BCUT2D eigenvalue weighted by Crippen LogP contribution is -2.12. The maximum Gasteiger partial charge on any atom is 0.341 e. The third kappa shape index (κ3) is 4.73. The Morgan fingerprint density at radius 3 is 2.50 bits per heavy atom. The SMILES string of the molecule is N#CCc1ccc(C(=O)Nc2ccc(OCC(=O)O)c(Cl)c2)cc1. The van der Waals surface area contributed by atoms with Gasteiger partial charge in [-0.1, -0.05) is 23.7 Å². The first kappa shape index (κ1) is 17.3. The molecule has 0 fully saturated rings. The number of nitrogens with one attached hydrogen (secondary N) is 1. The molecule has 7 heteroatoms. The van der Waals surface area contributed by atoms with Crippen LogP contribution in [0.4, 0.5) is 5.69 Å². The number of aliphatic carboxylic acids is 1. The summed E-state index contributed by atoms with van der Waals surface area (Å²) in [4.78, 5) is 22.6. The Balaban J connectivity index is 2.04. The van der Waals surface area contributed by atoms with E-state index in [2.05, 4.69) is 5.32 Å². The highest BCUT2D eigenvalue weighted by atomic mass is 35.5. The Hall–Kier alpha value is -3.04. The van der Waals surface area contributed by atoms with Crippen LogP contribution < -0.4 is 10.1 Å². The van der Waals surface area contributed by atoms with Crippen molar-refractivity contribution in [1.82, 2.24) is 0 Å². The molecule has 0 bridgehead atoms. The summed E-state index contributed by atoms with van der Waals surface area (Å²) in [5, 5.41) is 20.1. The summed E-state index contributed by atoms with van der Waals surface area (Å²) >= 11 is 6.00. The fourth-order valence-corrected chi connectivity index (χ4v) is 2.14. The third-order valence-electron chi connectivity index (χ3n) is 3.04. The molecule has 24 heavy (non-hydrogen) atoms. The second-order valence-electron chi connectivity index (χ2n) is 4.81. The molecule has 0 aliphatic heterocycles. The number of nitrogens with zero attached hydrogens (tertiary/aromatic N) is 1. The molecule has 2 N–H and O–H groups in total. The van der Waals surface area contributed by atoms with Crippen molar-refractivity contribution in [3.63, 3.8) is 0 Å². The van der Waals surface area contributed by atoms with E-state index in [4.69, 9.17) is 26.7 Å². The van der Waals surface area contributed by atoms with Gasteiger partial charge in [0.2, 0.25) is 0 Å². The number of carbonyl (C=O) groups excluding carboxylic acids is 1. The van der Waals surface area contributed by atoms with E-state index in [0.29, 0.717) is 11.3 Å². The van der Waals surface area contributed by atoms with Crippen molar-refractivity contribution in [3.8, 4) is 11.8 Å². The van der Waals surface area contributed by atoms with Crippen LogP contribution in [-0.4, -0.2) is 23.6 Å². The summed E-state index contributed by atoms with van der Waals surface area (Å²) in [7, 11) is 0. The first-order chi connectivity index (χ1) is 11.5. The van der Waals surface area contributed by atoms with Gasteiger partial charge in [0.05, 0.1) is 17.5 Å². The maximum absolute atomic E-state index is 12.2. The molecular formula is C17H13ClN2O4. The molecule has 2 aromatic rings. The molecule has 6 nitrogen and oxygen atoms in total. The molecule has 1 amide bonds. The van der Waals surface area contributed by atoms with Gasteiger partial charge in [0.15, 0.2) is 6.61 Å². The second-order valence-corrected chi connectivity index (χ2v) is 5.22. The molecule has 2 aromatic carbocycles. The lowest BCUT2D eigenvalue weighted by Gasteiger charge is -2.09. The van der Waals surface area contributed by atoms with Gasteiger partial charge < -0.3 is 15.2 Å². The van der Waals surface area contributed by atoms with Crippen molar-refractivity contribution in [1.29, 1.82) is 5.26 Å². The van der Waals surface area contributed by atoms with Crippen LogP contribution in [0.15, 0.2) is 42.5 Å². The molecule has 2 rings (SSSR count). The summed E-state index contributed by atoms with van der Waals surface area (Å²) in [5.74, 6) is -1.21. The summed E-state index contributed by atoms with van der Waals surface area (Å²) in [5.41, 5.74) is 1.73. The van der Waals surface area contributed by atoms with Gasteiger partial charge in [0, 0.05) is 11.3 Å². The fraction of sp³-hybridized carbons (Fsp3) is 0.118. The Kier molecular flexibility index (Phi) is 5.77. The Morgan fingerprint density at radius 1 is 1.21 bits per heavy atom. The highest BCUT2D eigenvalue weighted by Gasteiger charge is 2.09. The van der Waals surface area contributed by atoms with E-state index in [9.17, 15) is 9.59 Å². The standard InChI is InChI=1S/C17H13ClN2O4/c18-14-9-13(5-6-15(14)24-10-16(21)22)20-17(23)12-3-1-11(2-4-12)7-8-19/h1-6,9H,7,10H2,(H,20,23)(H,21,22). The van der Waals surface area contributed by atoms with Crippen molar-refractivity contribution in [2.75, 3.05) is 11.9 Å². The number of carboxylic acid groups (broad SMARTS) is 1. The predicted octanol–water partition coefficient (Wildman–Crippen LogP) is 3.12. The van der Waals surface area contributed by atoms with Crippen LogP contribution in [0, 0.1) is 11.3 Å². The molecule has 0 heterocycles. The normalized spacial score (nSPS) is 9.83. The van der Waals surface area contributed by atoms with Gasteiger partial charge in [-0.15, -0.1) is 0 Å². The molecule has 0 aromatic heterocycles. The van der Waals surface area contributed by atoms with Crippen molar-refractivity contribution in [2.24, 2.45) is 0 Å². The van der Waals surface area contributed by atoms with E-state index < -0.39 is 12.6 Å².